The molecule has 1 unspecified atom stereocenters. The summed E-state index contributed by atoms with van der Waals surface area (Å²) < 4.78 is 5.43. The molecule has 0 aromatic rings. The van der Waals surface area contributed by atoms with Crippen LogP contribution in [0.5, 0.6) is 0 Å². The zero-order valence-electron chi connectivity index (χ0n) is 10.9. The summed E-state index contributed by atoms with van der Waals surface area (Å²) in [6, 6.07) is 0.800. The molecule has 3 fully saturated rings. The lowest BCUT2D eigenvalue weighted by Gasteiger charge is -2.56. The number of nitrogens with two attached hydrogens (primary N) is 1. The molecule has 2 saturated heterocycles. The van der Waals surface area contributed by atoms with E-state index in [9.17, 15) is 0 Å². The number of piperazine rings is 1. The van der Waals surface area contributed by atoms with Gasteiger partial charge in [-0.1, -0.05) is 0 Å². The Balaban J connectivity index is 1.64. The van der Waals surface area contributed by atoms with Crippen molar-refractivity contribution in [3.05, 3.63) is 0 Å². The highest BCUT2D eigenvalue weighted by atomic mass is 16.5. The highest BCUT2D eigenvalue weighted by Crippen LogP contribution is 2.40. The number of nitrogens with zero attached hydrogens (tertiary/aromatic N) is 2. The Morgan fingerprint density at radius 1 is 1.29 bits per heavy atom. The van der Waals surface area contributed by atoms with Crippen molar-refractivity contribution in [2.45, 2.75) is 43.4 Å². The van der Waals surface area contributed by atoms with Gasteiger partial charge in [0.2, 0.25) is 0 Å². The van der Waals surface area contributed by atoms with Crippen LogP contribution >= 0.6 is 0 Å². The SMILES string of the molecule is COC1CC(CN)(N2CCN3CCCC3C2)C1. The lowest BCUT2D eigenvalue weighted by Crippen LogP contribution is -2.68. The quantitative estimate of drug-likeness (QED) is 0.768. The van der Waals surface area contributed by atoms with Gasteiger partial charge in [0.25, 0.3) is 0 Å². The molecule has 4 heteroatoms. The summed E-state index contributed by atoms with van der Waals surface area (Å²) in [6.07, 6.45) is 5.47. The normalized spacial score (nSPS) is 43.4. The Morgan fingerprint density at radius 3 is 2.82 bits per heavy atom. The molecule has 2 N–H and O–H groups in total. The van der Waals surface area contributed by atoms with Crippen molar-refractivity contribution in [3.8, 4) is 0 Å². The Morgan fingerprint density at radius 2 is 2.12 bits per heavy atom. The Hall–Kier alpha value is -0.160. The second-order valence-electron chi connectivity index (χ2n) is 5.97. The standard InChI is InChI=1S/C13H25N3O/c1-17-12-7-13(8-12,10-14)16-6-5-15-4-2-3-11(15)9-16/h11-12H,2-10,14H2,1H3. The van der Waals surface area contributed by atoms with E-state index in [2.05, 4.69) is 9.80 Å². The van der Waals surface area contributed by atoms with E-state index in [0.717, 1.165) is 25.4 Å². The van der Waals surface area contributed by atoms with Gasteiger partial charge in [0.15, 0.2) is 0 Å². The van der Waals surface area contributed by atoms with Gasteiger partial charge in [-0.05, 0) is 32.2 Å². The number of methoxy groups -OCH3 is 1. The molecular weight excluding hydrogens is 214 g/mol. The van der Waals surface area contributed by atoms with Crippen molar-refractivity contribution >= 4 is 0 Å². The molecule has 0 aromatic heterocycles. The first-order valence-corrected chi connectivity index (χ1v) is 6.99. The number of fused-ring (bicyclic) bond motifs is 1. The average molecular weight is 239 g/mol. The number of hydrogen-bond donors (Lipinski definition) is 1. The molecule has 0 radical (unpaired) electrons. The van der Waals surface area contributed by atoms with Gasteiger partial charge < -0.3 is 10.5 Å². The molecule has 1 saturated carbocycles. The molecule has 98 valence electrons. The monoisotopic (exact) mass is 239 g/mol. The van der Waals surface area contributed by atoms with Crippen LogP contribution in [0.3, 0.4) is 0 Å². The molecule has 3 aliphatic rings. The minimum Gasteiger partial charge on any atom is -0.381 e. The van der Waals surface area contributed by atoms with E-state index < -0.39 is 0 Å². The molecule has 0 bridgehead atoms. The summed E-state index contributed by atoms with van der Waals surface area (Å²) in [5, 5.41) is 0. The second kappa shape index (κ2) is 4.50. The smallest absolute Gasteiger partial charge is 0.0607 e. The van der Waals surface area contributed by atoms with Crippen molar-refractivity contribution in [2.24, 2.45) is 5.73 Å². The van der Waals surface area contributed by atoms with E-state index in [0.29, 0.717) is 6.10 Å². The predicted molar refractivity (Wildman–Crippen MR) is 68.0 cm³/mol. The van der Waals surface area contributed by atoms with Gasteiger partial charge in [-0.25, -0.2) is 0 Å². The lowest BCUT2D eigenvalue weighted by molar-refractivity contribution is -0.104. The van der Waals surface area contributed by atoms with Crippen LogP contribution in [0.2, 0.25) is 0 Å². The lowest BCUT2D eigenvalue weighted by atomic mass is 9.72. The molecule has 4 nitrogen and oxygen atoms in total. The van der Waals surface area contributed by atoms with E-state index in [4.69, 9.17) is 10.5 Å². The zero-order valence-corrected chi connectivity index (χ0v) is 10.9. The molecule has 1 atom stereocenters. The third kappa shape index (κ3) is 1.91. The Bertz CT molecular complexity index is 278. The van der Waals surface area contributed by atoms with Gasteiger partial charge in [-0.3, -0.25) is 9.80 Å². The molecule has 0 spiro atoms. The van der Waals surface area contributed by atoms with Crippen LogP contribution in [0.15, 0.2) is 0 Å². The van der Waals surface area contributed by atoms with Crippen molar-refractivity contribution in [2.75, 3.05) is 39.8 Å². The highest BCUT2D eigenvalue weighted by Gasteiger charge is 2.49. The van der Waals surface area contributed by atoms with Crippen LogP contribution in [-0.2, 0) is 4.74 Å². The molecule has 2 heterocycles. The number of ether oxygens (including phenoxy) is 1. The predicted octanol–water partition coefficient (Wildman–Crippen LogP) is 0.273. The second-order valence-corrected chi connectivity index (χ2v) is 5.97. The highest BCUT2D eigenvalue weighted by molar-refractivity contribution is 5.06. The first-order chi connectivity index (χ1) is 8.27. The van der Waals surface area contributed by atoms with E-state index in [1.54, 1.807) is 0 Å². The molecular formula is C13H25N3O. The topological polar surface area (TPSA) is 41.7 Å². The van der Waals surface area contributed by atoms with Crippen LogP contribution in [0.4, 0.5) is 0 Å². The molecule has 3 rings (SSSR count). The largest absolute Gasteiger partial charge is 0.381 e. The fraction of sp³-hybridized carbons (Fsp3) is 1.00. The van der Waals surface area contributed by atoms with E-state index in [1.165, 1.54) is 39.0 Å². The Labute approximate surface area is 104 Å². The summed E-state index contributed by atoms with van der Waals surface area (Å²) in [5.41, 5.74) is 6.30. The summed E-state index contributed by atoms with van der Waals surface area (Å²) in [4.78, 5) is 5.32. The van der Waals surface area contributed by atoms with Crippen LogP contribution in [0, 0.1) is 0 Å². The molecule has 0 aromatic carbocycles. The van der Waals surface area contributed by atoms with Crippen LogP contribution in [0.25, 0.3) is 0 Å². The Kier molecular flexibility index (Phi) is 3.15. The van der Waals surface area contributed by atoms with Crippen molar-refractivity contribution in [3.63, 3.8) is 0 Å². The maximum atomic E-state index is 6.04. The van der Waals surface area contributed by atoms with Gasteiger partial charge in [0.05, 0.1) is 6.10 Å². The van der Waals surface area contributed by atoms with E-state index >= 15 is 0 Å². The van der Waals surface area contributed by atoms with Gasteiger partial charge >= 0.3 is 0 Å². The average Bonchev–Trinajstić information content (AvgIpc) is 2.76. The minimum absolute atomic E-state index is 0.259. The fourth-order valence-electron chi connectivity index (χ4n) is 3.93. The third-order valence-electron chi connectivity index (χ3n) is 5.19. The summed E-state index contributed by atoms with van der Waals surface area (Å²) >= 11 is 0. The molecule has 1 aliphatic carbocycles. The number of rotatable bonds is 3. The van der Waals surface area contributed by atoms with Gasteiger partial charge in [0, 0.05) is 44.9 Å². The van der Waals surface area contributed by atoms with Gasteiger partial charge in [-0.15, -0.1) is 0 Å². The van der Waals surface area contributed by atoms with Gasteiger partial charge in [-0.2, -0.15) is 0 Å². The third-order valence-corrected chi connectivity index (χ3v) is 5.19. The zero-order chi connectivity index (χ0) is 11.9. The first-order valence-electron chi connectivity index (χ1n) is 6.99. The molecule has 2 aliphatic heterocycles. The maximum absolute atomic E-state index is 6.04. The van der Waals surface area contributed by atoms with E-state index in [1.807, 2.05) is 7.11 Å². The van der Waals surface area contributed by atoms with E-state index in [-0.39, 0.29) is 5.54 Å². The van der Waals surface area contributed by atoms with Gasteiger partial charge in [0.1, 0.15) is 0 Å². The minimum atomic E-state index is 0.259. The van der Waals surface area contributed by atoms with Crippen LogP contribution < -0.4 is 5.73 Å². The van der Waals surface area contributed by atoms with Crippen LogP contribution in [0.1, 0.15) is 25.7 Å². The first kappa shape index (κ1) is 11.9. The maximum Gasteiger partial charge on any atom is 0.0607 e. The van der Waals surface area contributed by atoms with Crippen molar-refractivity contribution in [1.82, 2.24) is 9.80 Å². The van der Waals surface area contributed by atoms with Crippen molar-refractivity contribution < 1.29 is 4.74 Å². The summed E-state index contributed by atoms with van der Waals surface area (Å²) in [5.74, 6) is 0. The fourth-order valence-corrected chi connectivity index (χ4v) is 3.93. The molecule has 0 amide bonds. The number of hydrogen-bond acceptors (Lipinski definition) is 4. The molecule has 17 heavy (non-hydrogen) atoms. The summed E-state index contributed by atoms with van der Waals surface area (Å²) in [6.45, 7) is 5.77. The summed E-state index contributed by atoms with van der Waals surface area (Å²) in [7, 11) is 1.82. The van der Waals surface area contributed by atoms with Crippen molar-refractivity contribution in [1.29, 1.82) is 0 Å². The van der Waals surface area contributed by atoms with Crippen LogP contribution in [-0.4, -0.2) is 67.3 Å².